The maximum Gasteiger partial charge on any atom is 0.240 e. The molecule has 27 heavy (non-hydrogen) atoms. The summed E-state index contributed by atoms with van der Waals surface area (Å²) in [6, 6.07) is 6.53. The summed E-state index contributed by atoms with van der Waals surface area (Å²) in [5.41, 5.74) is 5.42. The fraction of sp³-hybridized carbons (Fsp3) is 0.176. The highest BCUT2D eigenvalue weighted by molar-refractivity contribution is 7.99. The molecule has 0 atom stereocenters. The Morgan fingerprint density at radius 2 is 1.74 bits per heavy atom. The zero-order valence-electron chi connectivity index (χ0n) is 14.0. The van der Waals surface area contributed by atoms with Crippen LogP contribution in [0.3, 0.4) is 0 Å². The number of halogens is 3. The van der Waals surface area contributed by atoms with E-state index in [9.17, 15) is 21.6 Å². The lowest BCUT2D eigenvalue weighted by Gasteiger charge is -2.10. The van der Waals surface area contributed by atoms with Crippen molar-refractivity contribution in [1.29, 1.82) is 0 Å². The normalized spacial score (nSPS) is 11.4. The minimum atomic E-state index is -3.79. The molecule has 0 aromatic heterocycles. The molecule has 0 unspecified atom stereocenters. The lowest BCUT2D eigenvalue weighted by Crippen LogP contribution is -2.26. The maximum absolute atomic E-state index is 13.9. The first-order valence-corrected chi connectivity index (χ1v) is 10.1. The van der Waals surface area contributed by atoms with Gasteiger partial charge in [0.1, 0.15) is 12.4 Å². The van der Waals surface area contributed by atoms with Gasteiger partial charge in [0.15, 0.2) is 17.4 Å². The number of hydrogen-bond donors (Lipinski definition) is 2. The molecule has 0 radical (unpaired) electrons. The summed E-state index contributed by atoms with van der Waals surface area (Å²) >= 11 is 1.06. The van der Waals surface area contributed by atoms with Gasteiger partial charge in [0.25, 0.3) is 0 Å². The molecule has 0 aliphatic rings. The number of ether oxygens (including phenoxy) is 1. The number of sulfonamides is 1. The maximum atomic E-state index is 13.9. The Bertz CT molecular complexity index is 897. The van der Waals surface area contributed by atoms with E-state index in [0.29, 0.717) is 0 Å². The van der Waals surface area contributed by atoms with Crippen LogP contribution in [0.1, 0.15) is 0 Å². The number of rotatable bonds is 9. The Labute approximate surface area is 159 Å². The van der Waals surface area contributed by atoms with Crippen molar-refractivity contribution in [2.45, 2.75) is 9.79 Å². The number of hydrogen-bond acceptors (Lipinski definition) is 5. The average molecular weight is 418 g/mol. The molecule has 10 heteroatoms. The molecular weight excluding hydrogens is 401 g/mol. The van der Waals surface area contributed by atoms with Gasteiger partial charge in [-0.3, -0.25) is 0 Å². The third-order valence-corrected chi connectivity index (χ3v) is 5.61. The second kappa shape index (κ2) is 9.16. The van der Waals surface area contributed by atoms with Gasteiger partial charge in [-0.15, -0.1) is 11.8 Å². The molecule has 0 heterocycles. The van der Waals surface area contributed by atoms with Crippen molar-refractivity contribution >= 4 is 21.8 Å². The third-order valence-electron chi connectivity index (χ3n) is 3.16. The zero-order valence-corrected chi connectivity index (χ0v) is 15.7. The fourth-order valence-corrected chi connectivity index (χ4v) is 3.94. The van der Waals surface area contributed by atoms with E-state index in [-0.39, 0.29) is 34.4 Å². The van der Waals surface area contributed by atoms with Gasteiger partial charge >= 0.3 is 0 Å². The Hall–Kier alpha value is -2.17. The van der Waals surface area contributed by atoms with E-state index in [1.54, 1.807) is 0 Å². The van der Waals surface area contributed by atoms with E-state index >= 15 is 0 Å². The highest BCUT2D eigenvalue weighted by atomic mass is 32.2. The molecule has 2 rings (SSSR count). The molecule has 5 nitrogen and oxygen atoms in total. The topological polar surface area (TPSA) is 81.4 Å². The van der Waals surface area contributed by atoms with Crippen LogP contribution >= 0.6 is 11.8 Å². The summed E-state index contributed by atoms with van der Waals surface area (Å²) in [4.78, 5) is 0.193. The van der Waals surface area contributed by atoms with Crippen molar-refractivity contribution in [1.82, 2.24) is 4.72 Å². The first kappa shape index (κ1) is 21.1. The lowest BCUT2D eigenvalue weighted by atomic mass is 10.3. The van der Waals surface area contributed by atoms with Crippen LogP contribution in [0.15, 0.2) is 58.5 Å². The lowest BCUT2D eigenvalue weighted by molar-refractivity contribution is 0.310. The van der Waals surface area contributed by atoms with Crippen LogP contribution in [0.4, 0.5) is 13.2 Å². The van der Waals surface area contributed by atoms with Gasteiger partial charge < -0.3 is 10.5 Å². The van der Waals surface area contributed by atoms with E-state index < -0.39 is 33.2 Å². The fourth-order valence-electron chi connectivity index (χ4n) is 1.96. The highest BCUT2D eigenvalue weighted by Crippen LogP contribution is 2.28. The van der Waals surface area contributed by atoms with Crippen molar-refractivity contribution in [3.63, 3.8) is 0 Å². The highest BCUT2D eigenvalue weighted by Gasteiger charge is 2.15. The van der Waals surface area contributed by atoms with Crippen LogP contribution < -0.4 is 15.2 Å². The minimum absolute atomic E-state index is 0.0128. The number of nitrogens with two attached hydrogens (primary N) is 1. The van der Waals surface area contributed by atoms with E-state index in [2.05, 4.69) is 11.3 Å². The van der Waals surface area contributed by atoms with Crippen LogP contribution in [-0.4, -0.2) is 27.3 Å². The predicted molar refractivity (Wildman–Crippen MR) is 97.5 cm³/mol. The van der Waals surface area contributed by atoms with Crippen LogP contribution in [0, 0.1) is 17.5 Å². The van der Waals surface area contributed by atoms with Crippen molar-refractivity contribution < 1.29 is 26.3 Å². The zero-order chi connectivity index (χ0) is 20.0. The van der Waals surface area contributed by atoms with Crippen LogP contribution in [-0.2, 0) is 10.0 Å². The molecule has 0 amide bonds. The Morgan fingerprint density at radius 3 is 2.30 bits per heavy atom. The Morgan fingerprint density at radius 1 is 1.15 bits per heavy atom. The standard InChI is InChI=1S/C17H17F3N2O3S2/c1-11(21)10-25-17-15(19)8-13(9-16(17)20)26-7-6-22-27(23,24)14-4-2-12(18)3-5-14/h2-5,8-9,22H,1,6-7,10,21H2. The van der Waals surface area contributed by atoms with Crippen molar-refractivity contribution in [3.05, 3.63) is 66.1 Å². The molecule has 3 N–H and O–H groups in total. The van der Waals surface area contributed by atoms with Gasteiger partial charge in [-0.05, 0) is 36.4 Å². The van der Waals surface area contributed by atoms with E-state index in [4.69, 9.17) is 10.5 Å². The quantitative estimate of drug-likeness (QED) is 0.483. The van der Waals surface area contributed by atoms with Gasteiger partial charge in [0.2, 0.25) is 10.0 Å². The van der Waals surface area contributed by atoms with Gasteiger partial charge in [0, 0.05) is 22.9 Å². The van der Waals surface area contributed by atoms with E-state index in [1.165, 1.54) is 0 Å². The molecule has 146 valence electrons. The summed E-state index contributed by atoms with van der Waals surface area (Å²) in [6.45, 7) is 3.17. The number of benzene rings is 2. The van der Waals surface area contributed by atoms with Gasteiger partial charge in [0.05, 0.1) is 4.90 Å². The third kappa shape index (κ3) is 6.19. The average Bonchev–Trinajstić information content (AvgIpc) is 2.58. The van der Waals surface area contributed by atoms with Crippen molar-refractivity contribution in [3.8, 4) is 5.75 Å². The van der Waals surface area contributed by atoms with Crippen LogP contribution in [0.25, 0.3) is 0 Å². The molecule has 2 aromatic rings. The second-order valence-electron chi connectivity index (χ2n) is 5.36. The Balaban J connectivity index is 1.91. The Kier molecular flexibility index (Phi) is 7.17. The predicted octanol–water partition coefficient (Wildman–Crippen LogP) is 3.03. The van der Waals surface area contributed by atoms with Crippen molar-refractivity contribution in [2.24, 2.45) is 5.73 Å². The smallest absolute Gasteiger partial charge is 0.240 e. The molecule has 2 aromatic carbocycles. The monoisotopic (exact) mass is 418 g/mol. The van der Waals surface area contributed by atoms with Gasteiger partial charge in [-0.25, -0.2) is 26.3 Å². The SMILES string of the molecule is C=C(N)COc1c(F)cc(SCCNS(=O)(=O)c2ccc(F)cc2)cc1F. The molecule has 0 bridgehead atoms. The first-order valence-electron chi connectivity index (χ1n) is 7.62. The molecule has 0 saturated heterocycles. The molecule has 0 aliphatic heterocycles. The van der Waals surface area contributed by atoms with Gasteiger partial charge in [-0.2, -0.15) is 0 Å². The van der Waals surface area contributed by atoms with E-state index in [0.717, 1.165) is 48.2 Å². The summed E-state index contributed by atoms with van der Waals surface area (Å²) < 4.78 is 72.0. The molecular formula is C17H17F3N2O3S2. The van der Waals surface area contributed by atoms with Crippen LogP contribution in [0.2, 0.25) is 0 Å². The molecule has 0 aliphatic carbocycles. The molecule has 0 fully saturated rings. The largest absolute Gasteiger partial charge is 0.481 e. The minimum Gasteiger partial charge on any atom is -0.481 e. The number of nitrogens with one attached hydrogen (secondary N) is 1. The summed E-state index contributed by atoms with van der Waals surface area (Å²) in [7, 11) is -3.79. The summed E-state index contributed by atoms with van der Waals surface area (Å²) in [5, 5.41) is 0. The van der Waals surface area contributed by atoms with Gasteiger partial charge in [-0.1, -0.05) is 6.58 Å². The molecule has 0 saturated carbocycles. The summed E-state index contributed by atoms with van der Waals surface area (Å²) in [6.07, 6.45) is 0. The van der Waals surface area contributed by atoms with E-state index in [1.807, 2.05) is 0 Å². The first-order chi connectivity index (χ1) is 12.7. The second-order valence-corrected chi connectivity index (χ2v) is 8.30. The molecule has 0 spiro atoms. The summed E-state index contributed by atoms with van der Waals surface area (Å²) in [5.74, 6) is -2.67. The van der Waals surface area contributed by atoms with Crippen LogP contribution in [0.5, 0.6) is 5.75 Å². The van der Waals surface area contributed by atoms with Crippen molar-refractivity contribution in [2.75, 3.05) is 18.9 Å². The number of thioether (sulfide) groups is 1.